The van der Waals surface area contributed by atoms with Gasteiger partial charge in [0, 0.05) is 12.1 Å². The van der Waals surface area contributed by atoms with E-state index in [1.807, 2.05) is 60.7 Å². The molecule has 6 nitrogen and oxygen atoms in total. The quantitative estimate of drug-likeness (QED) is 0.751. The monoisotopic (exact) mass is 308 g/mol. The summed E-state index contributed by atoms with van der Waals surface area (Å²) in [6.45, 7) is 0.0378. The summed E-state index contributed by atoms with van der Waals surface area (Å²) in [5.41, 5.74) is 1.69. The molecule has 116 valence electrons. The van der Waals surface area contributed by atoms with Gasteiger partial charge in [0.1, 0.15) is 0 Å². The third-order valence-corrected chi connectivity index (χ3v) is 3.24. The van der Waals surface area contributed by atoms with Gasteiger partial charge in [-0.2, -0.15) is 0 Å². The maximum atomic E-state index is 12.1. The molecule has 0 radical (unpaired) electrons. The van der Waals surface area contributed by atoms with E-state index in [-0.39, 0.29) is 19.0 Å². The smallest absolute Gasteiger partial charge is 0.291 e. The Morgan fingerprint density at radius 1 is 1.04 bits per heavy atom. The predicted molar refractivity (Wildman–Crippen MR) is 86.2 cm³/mol. The number of aromatic nitrogens is 3. The predicted octanol–water partition coefficient (Wildman–Crippen LogP) is 1.66. The van der Waals surface area contributed by atoms with E-state index in [2.05, 4.69) is 15.4 Å². The van der Waals surface area contributed by atoms with E-state index >= 15 is 0 Å². The highest BCUT2D eigenvalue weighted by Crippen LogP contribution is 2.20. The maximum absolute atomic E-state index is 12.1. The van der Waals surface area contributed by atoms with Gasteiger partial charge in [-0.1, -0.05) is 48.5 Å². The van der Waals surface area contributed by atoms with Crippen LogP contribution in [0.2, 0.25) is 0 Å². The van der Waals surface area contributed by atoms with E-state index in [9.17, 15) is 4.79 Å². The first-order chi connectivity index (χ1) is 11.3. The van der Waals surface area contributed by atoms with Gasteiger partial charge >= 0.3 is 0 Å². The van der Waals surface area contributed by atoms with E-state index in [4.69, 9.17) is 5.11 Å². The number of aliphatic hydroxyl groups excluding tert-OH is 1. The molecule has 2 aromatic carbocycles. The van der Waals surface area contributed by atoms with Crippen molar-refractivity contribution in [2.75, 3.05) is 13.2 Å². The number of carbonyl (C=O) groups is 1. The van der Waals surface area contributed by atoms with Gasteiger partial charge in [-0.05, 0) is 12.1 Å². The first kappa shape index (κ1) is 14.9. The summed E-state index contributed by atoms with van der Waals surface area (Å²) in [4.78, 5) is 16.4. The zero-order valence-electron chi connectivity index (χ0n) is 12.4. The van der Waals surface area contributed by atoms with Crippen LogP contribution >= 0.6 is 0 Å². The van der Waals surface area contributed by atoms with Crippen molar-refractivity contribution in [2.24, 2.45) is 0 Å². The zero-order valence-corrected chi connectivity index (χ0v) is 12.4. The Kier molecular flexibility index (Phi) is 4.44. The zero-order chi connectivity index (χ0) is 16.1. The number of para-hydroxylation sites is 1. The van der Waals surface area contributed by atoms with Gasteiger partial charge in [-0.15, -0.1) is 5.10 Å². The van der Waals surface area contributed by atoms with Crippen LogP contribution in [0, 0.1) is 0 Å². The number of hydrogen-bond acceptors (Lipinski definition) is 4. The number of nitrogens with zero attached hydrogens (tertiary/aromatic N) is 3. The average molecular weight is 308 g/mol. The molecule has 1 heterocycles. The van der Waals surface area contributed by atoms with Gasteiger partial charge in [-0.25, -0.2) is 9.67 Å². The lowest BCUT2D eigenvalue weighted by Gasteiger charge is -2.05. The van der Waals surface area contributed by atoms with Crippen LogP contribution in [-0.2, 0) is 0 Å². The lowest BCUT2D eigenvalue weighted by molar-refractivity contribution is 0.0934. The number of amides is 1. The molecule has 0 unspecified atom stereocenters. The highest BCUT2D eigenvalue weighted by atomic mass is 16.3. The summed E-state index contributed by atoms with van der Waals surface area (Å²) >= 11 is 0. The number of aliphatic hydroxyl groups is 1. The van der Waals surface area contributed by atoms with Crippen molar-refractivity contribution in [1.29, 1.82) is 0 Å². The van der Waals surface area contributed by atoms with Gasteiger partial charge in [0.25, 0.3) is 5.91 Å². The summed E-state index contributed by atoms with van der Waals surface area (Å²) in [5, 5.41) is 15.7. The van der Waals surface area contributed by atoms with Crippen LogP contribution < -0.4 is 5.32 Å². The first-order valence-corrected chi connectivity index (χ1v) is 7.26. The molecular weight excluding hydrogens is 292 g/mol. The standard InChI is InChI=1S/C17H16N4O2/c22-12-11-18-17(23)15-19-16(13-7-3-1-4-8-13)21(20-15)14-9-5-2-6-10-14/h1-10,22H,11-12H2,(H,18,23). The molecule has 2 N–H and O–H groups in total. The minimum atomic E-state index is -0.411. The van der Waals surface area contributed by atoms with E-state index in [0.717, 1.165) is 11.3 Å². The van der Waals surface area contributed by atoms with Crippen LogP contribution in [0.4, 0.5) is 0 Å². The summed E-state index contributed by atoms with van der Waals surface area (Å²) in [6, 6.07) is 19.1. The fourth-order valence-electron chi connectivity index (χ4n) is 2.18. The molecular formula is C17H16N4O2. The minimum absolute atomic E-state index is 0.0705. The van der Waals surface area contributed by atoms with Gasteiger partial charge in [0.2, 0.25) is 5.82 Å². The van der Waals surface area contributed by atoms with E-state index in [0.29, 0.717) is 5.82 Å². The second-order valence-electron chi connectivity index (χ2n) is 4.85. The Morgan fingerprint density at radius 2 is 1.70 bits per heavy atom. The van der Waals surface area contributed by atoms with Crippen molar-refractivity contribution < 1.29 is 9.90 Å². The van der Waals surface area contributed by atoms with Gasteiger partial charge in [-0.3, -0.25) is 4.79 Å². The van der Waals surface area contributed by atoms with Gasteiger partial charge in [0.15, 0.2) is 5.82 Å². The highest BCUT2D eigenvalue weighted by Gasteiger charge is 2.18. The SMILES string of the molecule is O=C(NCCO)c1nc(-c2ccccc2)n(-c2ccccc2)n1. The largest absolute Gasteiger partial charge is 0.395 e. The maximum Gasteiger partial charge on any atom is 0.291 e. The van der Waals surface area contributed by atoms with E-state index in [1.165, 1.54) is 0 Å². The van der Waals surface area contributed by atoms with Crippen LogP contribution in [-0.4, -0.2) is 38.9 Å². The van der Waals surface area contributed by atoms with Crippen molar-refractivity contribution >= 4 is 5.91 Å². The van der Waals surface area contributed by atoms with Crippen molar-refractivity contribution in [3.8, 4) is 17.1 Å². The fraction of sp³-hybridized carbons (Fsp3) is 0.118. The number of carbonyl (C=O) groups excluding carboxylic acids is 1. The fourth-order valence-corrected chi connectivity index (χ4v) is 2.18. The molecule has 0 aliphatic carbocycles. The number of benzene rings is 2. The second kappa shape index (κ2) is 6.85. The Morgan fingerprint density at radius 3 is 2.35 bits per heavy atom. The topological polar surface area (TPSA) is 80.0 Å². The molecule has 0 saturated heterocycles. The van der Waals surface area contributed by atoms with Crippen LogP contribution in [0.5, 0.6) is 0 Å². The first-order valence-electron chi connectivity index (χ1n) is 7.26. The van der Waals surface area contributed by atoms with Crippen LogP contribution in [0.15, 0.2) is 60.7 Å². The molecule has 0 fully saturated rings. The Balaban J connectivity index is 2.06. The molecule has 0 atom stereocenters. The molecule has 3 aromatic rings. The molecule has 1 aromatic heterocycles. The van der Waals surface area contributed by atoms with E-state index < -0.39 is 5.91 Å². The highest BCUT2D eigenvalue weighted by molar-refractivity contribution is 5.91. The summed E-state index contributed by atoms with van der Waals surface area (Å²) in [7, 11) is 0. The number of rotatable bonds is 5. The lowest BCUT2D eigenvalue weighted by Crippen LogP contribution is -2.27. The van der Waals surface area contributed by atoms with Gasteiger partial charge in [0.05, 0.1) is 12.3 Å². The third-order valence-electron chi connectivity index (χ3n) is 3.24. The Labute approximate surface area is 133 Å². The molecule has 0 aliphatic rings. The minimum Gasteiger partial charge on any atom is -0.395 e. The van der Waals surface area contributed by atoms with Crippen molar-refractivity contribution in [3.05, 3.63) is 66.5 Å². The summed E-state index contributed by atoms with van der Waals surface area (Å²) in [6.07, 6.45) is 0. The van der Waals surface area contributed by atoms with Crippen LogP contribution in [0.25, 0.3) is 17.1 Å². The molecule has 0 bridgehead atoms. The molecule has 1 amide bonds. The summed E-state index contributed by atoms with van der Waals surface area (Å²) < 4.78 is 1.64. The Bertz CT molecular complexity index is 728. The Hall–Kier alpha value is -2.99. The lowest BCUT2D eigenvalue weighted by atomic mass is 10.2. The number of nitrogens with one attached hydrogen (secondary N) is 1. The van der Waals surface area contributed by atoms with Crippen molar-refractivity contribution in [2.45, 2.75) is 0 Å². The second-order valence-corrected chi connectivity index (χ2v) is 4.85. The van der Waals surface area contributed by atoms with Gasteiger partial charge < -0.3 is 10.4 Å². The normalized spacial score (nSPS) is 10.5. The summed E-state index contributed by atoms with van der Waals surface area (Å²) in [5.74, 6) is 0.248. The van der Waals surface area contributed by atoms with Crippen molar-refractivity contribution in [3.63, 3.8) is 0 Å². The number of hydrogen-bond donors (Lipinski definition) is 2. The third kappa shape index (κ3) is 3.27. The van der Waals surface area contributed by atoms with Crippen molar-refractivity contribution in [1.82, 2.24) is 20.1 Å². The molecule has 23 heavy (non-hydrogen) atoms. The molecule has 0 spiro atoms. The molecule has 6 heteroatoms. The van der Waals surface area contributed by atoms with E-state index in [1.54, 1.807) is 4.68 Å². The molecule has 3 rings (SSSR count). The average Bonchev–Trinajstić information content (AvgIpc) is 3.06. The van der Waals surface area contributed by atoms with Crippen LogP contribution in [0.1, 0.15) is 10.6 Å². The molecule has 0 aliphatic heterocycles. The van der Waals surface area contributed by atoms with Crippen LogP contribution in [0.3, 0.4) is 0 Å². The molecule has 0 saturated carbocycles.